The first-order valence-electron chi connectivity index (χ1n) is 13.4. The topological polar surface area (TPSA) is 55.8 Å². The Kier molecular flexibility index (Phi) is 21.5. The number of unbranched alkanes of at least 4 members (excludes halogenated alkanes) is 17. The Morgan fingerprint density at radius 3 is 1.26 bits per heavy atom. The van der Waals surface area contributed by atoms with E-state index in [0.29, 0.717) is 13.2 Å². The van der Waals surface area contributed by atoms with E-state index in [0.717, 1.165) is 19.0 Å². The molecule has 1 N–H and O–H groups in total. The van der Waals surface area contributed by atoms with Crippen molar-refractivity contribution in [2.75, 3.05) is 39.4 Å². The fraction of sp³-hybridized carbons (Fsp3) is 1.00. The van der Waals surface area contributed by atoms with Crippen LogP contribution in [0, 0.1) is 0 Å². The van der Waals surface area contributed by atoms with Crippen molar-refractivity contribution < 1.29 is 18.5 Å². The van der Waals surface area contributed by atoms with Gasteiger partial charge in [0.15, 0.2) is 0 Å². The second-order valence-electron chi connectivity index (χ2n) is 10.5. The molecule has 0 fully saturated rings. The predicted octanol–water partition coefficient (Wildman–Crippen LogP) is 8.80. The van der Waals surface area contributed by atoms with Crippen molar-refractivity contribution in [2.45, 2.75) is 122 Å². The van der Waals surface area contributed by atoms with E-state index in [2.05, 4.69) is 26.9 Å². The van der Waals surface area contributed by atoms with Gasteiger partial charge in [-0.05, 0) is 0 Å². The van der Waals surface area contributed by atoms with Crippen molar-refractivity contribution >= 4 is 15.1 Å². The van der Waals surface area contributed by atoms with Crippen LogP contribution in [0.2, 0.25) is 0 Å². The van der Waals surface area contributed by atoms with E-state index in [-0.39, 0.29) is 0 Å². The predicted molar refractivity (Wildman–Crippen MR) is 141 cm³/mol. The molecule has 0 aliphatic heterocycles. The third-order valence-electron chi connectivity index (χ3n) is 5.86. The Bertz CT molecular complexity index is 424. The van der Waals surface area contributed by atoms with Crippen molar-refractivity contribution in [1.82, 2.24) is 0 Å². The summed E-state index contributed by atoms with van der Waals surface area (Å²) < 4.78 is 22.0. The molecule has 0 aromatic carbocycles. The Labute approximate surface area is 195 Å². The molecule has 0 aliphatic rings. The molecule has 31 heavy (non-hydrogen) atoms. The molecule has 1 unspecified atom stereocenters. The summed E-state index contributed by atoms with van der Waals surface area (Å²) in [5.41, 5.74) is 0. The number of rotatable bonds is 24. The van der Waals surface area contributed by atoms with E-state index < -0.39 is 15.1 Å². The van der Waals surface area contributed by atoms with Crippen LogP contribution in [-0.2, 0) is 13.6 Å². The Morgan fingerprint density at radius 1 is 0.581 bits per heavy atom. The number of phosphoric acid groups is 1. The first-order chi connectivity index (χ1) is 14.8. The Balaban J connectivity index is 3.25. The van der Waals surface area contributed by atoms with Crippen molar-refractivity contribution in [3.63, 3.8) is 0 Å². The molecule has 0 aliphatic carbocycles. The van der Waals surface area contributed by atoms with Gasteiger partial charge >= 0.3 is 111 Å². The fourth-order valence-corrected chi connectivity index (χ4v) is 5.33. The van der Waals surface area contributed by atoms with E-state index in [9.17, 15) is 9.46 Å². The van der Waals surface area contributed by atoms with Crippen molar-refractivity contribution in [2.24, 2.45) is 0 Å². The van der Waals surface area contributed by atoms with Gasteiger partial charge in [0.25, 0.3) is 0 Å². The number of hydrogen-bond acceptors (Lipinski definition) is 3. The van der Waals surface area contributed by atoms with E-state index >= 15 is 0 Å². The Morgan fingerprint density at radius 2 is 0.903 bits per heavy atom. The van der Waals surface area contributed by atoms with E-state index in [1.807, 2.05) is 0 Å². The van der Waals surface area contributed by atoms with Gasteiger partial charge in [0, 0.05) is 0 Å². The van der Waals surface area contributed by atoms with E-state index in [4.69, 9.17) is 9.05 Å². The third kappa shape index (κ3) is 26.7. The van der Waals surface area contributed by atoms with Crippen LogP contribution in [0.5, 0.6) is 0 Å². The maximum atomic E-state index is 11.8. The first-order valence-corrected chi connectivity index (χ1v) is 18.6. The van der Waals surface area contributed by atoms with Crippen LogP contribution in [0.4, 0.5) is 0 Å². The molecule has 0 aromatic rings. The standard InChI is InChI=1S/C25H56O4P2/c1-5-6-7-8-9-10-11-12-13-14-15-16-17-18-19-20-21-22-23-28-31(26,27)29-24-25-30(2,3)4/h30H,5-25H2,1-4H3,(H,26,27). The van der Waals surface area contributed by atoms with Gasteiger partial charge in [-0.15, -0.1) is 0 Å². The molecule has 0 bridgehead atoms. The quantitative estimate of drug-likeness (QED) is 0.110. The first kappa shape index (κ1) is 31.5. The molecule has 0 radical (unpaired) electrons. The van der Waals surface area contributed by atoms with E-state index in [1.165, 1.54) is 103 Å². The van der Waals surface area contributed by atoms with Gasteiger partial charge in [0.1, 0.15) is 0 Å². The summed E-state index contributed by atoms with van der Waals surface area (Å²) in [6, 6.07) is 0. The normalized spacial score (nSPS) is 14.6. The summed E-state index contributed by atoms with van der Waals surface area (Å²) in [5.74, 6) is 0. The fourth-order valence-electron chi connectivity index (χ4n) is 3.69. The summed E-state index contributed by atoms with van der Waals surface area (Å²) in [6.45, 7) is 9.58. The molecule has 0 rings (SSSR count). The van der Waals surface area contributed by atoms with Crippen LogP contribution in [0.15, 0.2) is 0 Å². The van der Waals surface area contributed by atoms with Crippen LogP contribution in [0.25, 0.3) is 0 Å². The van der Waals surface area contributed by atoms with Crippen LogP contribution < -0.4 is 0 Å². The summed E-state index contributed by atoms with van der Waals surface area (Å²) in [5, 5.41) is 0. The van der Waals surface area contributed by atoms with Gasteiger partial charge in [0.05, 0.1) is 0 Å². The molecule has 0 saturated heterocycles. The van der Waals surface area contributed by atoms with Crippen molar-refractivity contribution in [3.05, 3.63) is 0 Å². The molecule has 4 nitrogen and oxygen atoms in total. The van der Waals surface area contributed by atoms with Crippen LogP contribution in [0.1, 0.15) is 122 Å². The maximum absolute atomic E-state index is 11.8. The molecule has 6 heteroatoms. The van der Waals surface area contributed by atoms with Crippen LogP contribution in [-0.4, -0.2) is 44.3 Å². The molecule has 0 spiro atoms. The summed E-state index contributed by atoms with van der Waals surface area (Å²) in [7, 11) is -5.10. The van der Waals surface area contributed by atoms with Crippen molar-refractivity contribution in [1.29, 1.82) is 0 Å². The number of hydrogen-bond donors (Lipinski definition) is 1. The molecule has 0 aromatic heterocycles. The second kappa shape index (κ2) is 21.1. The molecule has 0 amide bonds. The average molecular weight is 483 g/mol. The van der Waals surface area contributed by atoms with Gasteiger partial charge < -0.3 is 0 Å². The minimum atomic E-state index is -3.85. The van der Waals surface area contributed by atoms with Crippen LogP contribution >= 0.6 is 15.1 Å². The molecule has 0 heterocycles. The molecule has 1 atom stereocenters. The minimum absolute atomic E-state index is 0.319. The zero-order chi connectivity index (χ0) is 23.3. The molecular weight excluding hydrogens is 426 g/mol. The van der Waals surface area contributed by atoms with Gasteiger partial charge in [-0.1, -0.05) is 84.0 Å². The molecule has 0 saturated carbocycles. The molecular formula is C25H56O4P2. The summed E-state index contributed by atoms with van der Waals surface area (Å²) in [6.07, 6.45) is 24.9. The summed E-state index contributed by atoms with van der Waals surface area (Å²) >= 11 is 0. The summed E-state index contributed by atoms with van der Waals surface area (Å²) in [4.78, 5) is 9.68. The SMILES string of the molecule is CCCCCCCCCCCCCCCCCCCCOP(=O)(O)OCC[PH](C)(C)C. The average Bonchev–Trinajstić information content (AvgIpc) is 2.68. The van der Waals surface area contributed by atoms with Crippen molar-refractivity contribution in [3.8, 4) is 0 Å². The number of phosphoric ester groups is 1. The zero-order valence-electron chi connectivity index (χ0n) is 21.5. The Hall–Kier alpha value is 0.540. The van der Waals surface area contributed by atoms with Gasteiger partial charge in [-0.25, -0.2) is 0 Å². The monoisotopic (exact) mass is 482 g/mol. The third-order valence-corrected chi connectivity index (χ3v) is 8.58. The van der Waals surface area contributed by atoms with Gasteiger partial charge in [-0.3, -0.25) is 0 Å². The van der Waals surface area contributed by atoms with E-state index in [1.54, 1.807) is 0 Å². The van der Waals surface area contributed by atoms with Crippen LogP contribution in [0.3, 0.4) is 0 Å². The zero-order valence-corrected chi connectivity index (χ0v) is 23.4. The second-order valence-corrected chi connectivity index (χ2v) is 17.5. The van der Waals surface area contributed by atoms with Gasteiger partial charge in [-0.2, -0.15) is 0 Å². The van der Waals surface area contributed by atoms with Gasteiger partial charge in [0.2, 0.25) is 0 Å². The molecule has 190 valence electrons.